The Balaban J connectivity index is 1.66. The van der Waals surface area contributed by atoms with E-state index in [2.05, 4.69) is 15.3 Å². The first-order chi connectivity index (χ1) is 13.6. The van der Waals surface area contributed by atoms with Crippen LogP contribution in [0.4, 0.5) is 21.6 Å². The van der Waals surface area contributed by atoms with E-state index in [4.69, 9.17) is 22.1 Å². The summed E-state index contributed by atoms with van der Waals surface area (Å²) in [4.78, 5) is 8.59. The normalized spacial score (nSPS) is 10.8. The number of benzene rings is 3. The van der Waals surface area contributed by atoms with Crippen molar-refractivity contribution in [2.75, 3.05) is 11.1 Å². The van der Waals surface area contributed by atoms with Gasteiger partial charge >= 0.3 is 0 Å². The van der Waals surface area contributed by atoms with Gasteiger partial charge in [0.25, 0.3) is 0 Å². The second-order valence-corrected chi connectivity index (χ2v) is 6.54. The minimum atomic E-state index is -0.361. The number of fused-ring (bicyclic) bond motifs is 1. The number of hydrogen-bond acceptors (Lipinski definition) is 5. The molecule has 28 heavy (non-hydrogen) atoms. The van der Waals surface area contributed by atoms with Gasteiger partial charge in [-0.15, -0.1) is 0 Å². The van der Waals surface area contributed by atoms with Crippen LogP contribution in [0.25, 0.3) is 10.9 Å². The fourth-order valence-electron chi connectivity index (χ4n) is 2.84. The van der Waals surface area contributed by atoms with Gasteiger partial charge in [-0.3, -0.25) is 0 Å². The maximum absolute atomic E-state index is 13.4. The van der Waals surface area contributed by atoms with Crippen LogP contribution in [0.15, 0.2) is 67.0 Å². The van der Waals surface area contributed by atoms with Crippen molar-refractivity contribution in [3.63, 3.8) is 0 Å². The highest BCUT2D eigenvalue weighted by molar-refractivity contribution is 6.31. The minimum Gasteiger partial charge on any atom is -0.489 e. The molecular formula is C21H16ClFN4O. The lowest BCUT2D eigenvalue weighted by molar-refractivity contribution is 0.305. The van der Waals surface area contributed by atoms with E-state index < -0.39 is 0 Å². The summed E-state index contributed by atoms with van der Waals surface area (Å²) in [6.45, 7) is 0.163. The Morgan fingerprint density at radius 1 is 1.04 bits per heavy atom. The molecule has 0 saturated heterocycles. The molecule has 140 valence electrons. The summed E-state index contributed by atoms with van der Waals surface area (Å²) in [6, 6.07) is 16.9. The number of rotatable bonds is 5. The highest BCUT2D eigenvalue weighted by atomic mass is 35.5. The first-order valence-corrected chi connectivity index (χ1v) is 8.91. The number of halogens is 2. The third kappa shape index (κ3) is 3.82. The lowest BCUT2D eigenvalue weighted by Gasteiger charge is -2.15. The third-order valence-corrected chi connectivity index (χ3v) is 4.56. The maximum Gasteiger partial charge on any atom is 0.141 e. The van der Waals surface area contributed by atoms with Crippen molar-refractivity contribution in [2.24, 2.45) is 0 Å². The van der Waals surface area contributed by atoms with E-state index in [-0.39, 0.29) is 12.4 Å². The molecule has 0 radical (unpaired) electrons. The van der Waals surface area contributed by atoms with E-state index in [1.165, 1.54) is 18.5 Å². The van der Waals surface area contributed by atoms with E-state index in [0.717, 1.165) is 22.2 Å². The third-order valence-electron chi connectivity index (χ3n) is 4.21. The summed E-state index contributed by atoms with van der Waals surface area (Å²) >= 11 is 6.39. The molecule has 5 nitrogen and oxygen atoms in total. The van der Waals surface area contributed by atoms with Crippen molar-refractivity contribution in [3.8, 4) is 5.75 Å². The summed E-state index contributed by atoms with van der Waals surface area (Å²) in [7, 11) is 0. The van der Waals surface area contributed by atoms with Crippen LogP contribution in [0.5, 0.6) is 5.75 Å². The summed E-state index contributed by atoms with van der Waals surface area (Å²) in [5.74, 6) is 0.665. The van der Waals surface area contributed by atoms with Crippen LogP contribution >= 0.6 is 11.6 Å². The Hall–Kier alpha value is -3.38. The number of nitrogen functional groups attached to an aromatic ring is 1. The first-order valence-electron chi connectivity index (χ1n) is 8.53. The number of hydrogen-bond donors (Lipinski definition) is 2. The van der Waals surface area contributed by atoms with Gasteiger partial charge < -0.3 is 15.8 Å². The topological polar surface area (TPSA) is 73.1 Å². The predicted molar refractivity (Wildman–Crippen MR) is 109 cm³/mol. The first kappa shape index (κ1) is 18.0. The molecule has 0 atom stereocenters. The molecule has 0 aliphatic rings. The molecule has 0 bridgehead atoms. The molecule has 3 N–H and O–H groups in total. The standard InChI is InChI=1S/C21H16ClFN4O/c22-18-5-2-6-20(17(18)11-28-15-4-1-3-13(23)9-15)27-21-16-10-14(24)7-8-19(16)25-12-26-21/h1-10,12H,11,24H2,(H,25,26,27). The zero-order valence-corrected chi connectivity index (χ0v) is 15.4. The number of nitrogens with one attached hydrogen (secondary N) is 1. The van der Waals surface area contributed by atoms with Gasteiger partial charge in [-0.1, -0.05) is 23.7 Å². The summed E-state index contributed by atoms with van der Waals surface area (Å²) in [5, 5.41) is 4.60. The molecule has 4 aromatic rings. The van der Waals surface area contributed by atoms with Gasteiger partial charge in [-0.25, -0.2) is 14.4 Å². The second-order valence-electron chi connectivity index (χ2n) is 6.14. The molecule has 0 unspecified atom stereocenters. The van der Waals surface area contributed by atoms with E-state index in [0.29, 0.717) is 22.3 Å². The fourth-order valence-corrected chi connectivity index (χ4v) is 3.07. The van der Waals surface area contributed by atoms with Crippen LogP contribution in [0.2, 0.25) is 5.02 Å². The molecule has 0 amide bonds. The Morgan fingerprint density at radius 3 is 2.75 bits per heavy atom. The molecular weight excluding hydrogens is 379 g/mol. The second kappa shape index (κ2) is 7.70. The van der Waals surface area contributed by atoms with Crippen LogP contribution in [0.1, 0.15) is 5.56 Å². The molecule has 0 saturated carbocycles. The Kier molecular flexibility index (Phi) is 4.95. The van der Waals surface area contributed by atoms with Crippen molar-refractivity contribution < 1.29 is 9.13 Å². The van der Waals surface area contributed by atoms with Gasteiger partial charge in [0.15, 0.2) is 0 Å². The zero-order valence-electron chi connectivity index (χ0n) is 14.7. The Morgan fingerprint density at radius 2 is 1.89 bits per heavy atom. The highest BCUT2D eigenvalue weighted by Gasteiger charge is 2.11. The van der Waals surface area contributed by atoms with E-state index in [9.17, 15) is 4.39 Å². The molecule has 4 rings (SSSR count). The summed E-state index contributed by atoms with van der Waals surface area (Å²) in [6.07, 6.45) is 1.48. The summed E-state index contributed by atoms with van der Waals surface area (Å²) < 4.78 is 19.1. The van der Waals surface area contributed by atoms with Crippen molar-refractivity contribution >= 4 is 39.7 Å². The molecule has 0 spiro atoms. The Bertz CT molecular complexity index is 1150. The van der Waals surface area contributed by atoms with Crippen molar-refractivity contribution in [1.82, 2.24) is 9.97 Å². The highest BCUT2D eigenvalue weighted by Crippen LogP contribution is 2.31. The SMILES string of the molecule is Nc1ccc2ncnc(Nc3cccc(Cl)c3COc3cccc(F)c3)c2c1. The quantitative estimate of drug-likeness (QED) is 0.448. The predicted octanol–water partition coefficient (Wildman–Crippen LogP) is 5.33. The van der Waals surface area contributed by atoms with Crippen LogP contribution in [-0.2, 0) is 6.61 Å². The van der Waals surface area contributed by atoms with Gasteiger partial charge in [0.05, 0.1) is 5.52 Å². The molecule has 0 fully saturated rings. The van der Waals surface area contributed by atoms with Crippen LogP contribution in [0.3, 0.4) is 0 Å². The average molecular weight is 395 g/mol. The minimum absolute atomic E-state index is 0.163. The molecule has 1 heterocycles. The molecule has 7 heteroatoms. The monoisotopic (exact) mass is 394 g/mol. The smallest absolute Gasteiger partial charge is 0.141 e. The van der Waals surface area contributed by atoms with Crippen LogP contribution in [0, 0.1) is 5.82 Å². The number of anilines is 3. The van der Waals surface area contributed by atoms with Crippen LogP contribution in [-0.4, -0.2) is 9.97 Å². The fraction of sp³-hybridized carbons (Fsp3) is 0.0476. The van der Waals surface area contributed by atoms with Crippen molar-refractivity contribution in [1.29, 1.82) is 0 Å². The maximum atomic E-state index is 13.4. The van der Waals surface area contributed by atoms with Gasteiger partial charge in [0.1, 0.15) is 30.3 Å². The van der Waals surface area contributed by atoms with Gasteiger partial charge in [-0.05, 0) is 42.5 Å². The van der Waals surface area contributed by atoms with E-state index >= 15 is 0 Å². The lowest BCUT2D eigenvalue weighted by atomic mass is 10.1. The number of nitrogens with two attached hydrogens (primary N) is 1. The zero-order chi connectivity index (χ0) is 19.5. The average Bonchev–Trinajstić information content (AvgIpc) is 2.68. The van der Waals surface area contributed by atoms with Crippen LogP contribution < -0.4 is 15.8 Å². The molecule has 3 aromatic carbocycles. The number of aromatic nitrogens is 2. The van der Waals surface area contributed by atoms with Gasteiger partial charge in [0.2, 0.25) is 0 Å². The Labute approximate surface area is 166 Å². The number of nitrogens with zero attached hydrogens (tertiary/aromatic N) is 2. The molecule has 0 aliphatic carbocycles. The number of ether oxygens (including phenoxy) is 1. The molecule has 1 aromatic heterocycles. The summed E-state index contributed by atoms with van der Waals surface area (Å²) in [5.41, 5.74) is 8.75. The molecule has 0 aliphatic heterocycles. The van der Waals surface area contributed by atoms with E-state index in [1.807, 2.05) is 24.3 Å². The van der Waals surface area contributed by atoms with Crippen molar-refractivity contribution in [2.45, 2.75) is 6.61 Å². The van der Waals surface area contributed by atoms with Gasteiger partial charge in [-0.2, -0.15) is 0 Å². The largest absolute Gasteiger partial charge is 0.489 e. The van der Waals surface area contributed by atoms with Gasteiger partial charge in [0, 0.05) is 33.4 Å². The van der Waals surface area contributed by atoms with Crippen molar-refractivity contribution in [3.05, 3.63) is 83.4 Å². The van der Waals surface area contributed by atoms with E-state index in [1.54, 1.807) is 24.3 Å². The lowest BCUT2D eigenvalue weighted by Crippen LogP contribution is -2.03.